The van der Waals surface area contributed by atoms with E-state index in [1.807, 2.05) is 17.6 Å². The van der Waals surface area contributed by atoms with E-state index in [0.29, 0.717) is 6.61 Å². The van der Waals surface area contributed by atoms with Crippen LogP contribution in [0.1, 0.15) is 17.5 Å². The first-order chi connectivity index (χ1) is 15.3. The molecule has 0 aliphatic carbocycles. The third kappa shape index (κ3) is 4.87. The summed E-state index contributed by atoms with van der Waals surface area (Å²) in [5, 5.41) is 3.58. The van der Waals surface area contributed by atoms with E-state index < -0.39 is 0 Å². The van der Waals surface area contributed by atoms with Crippen LogP contribution in [0.25, 0.3) is 10.1 Å². The van der Waals surface area contributed by atoms with Crippen LogP contribution in [0.2, 0.25) is 0 Å². The Morgan fingerprint density at radius 2 is 1.94 bits per heavy atom. The van der Waals surface area contributed by atoms with E-state index >= 15 is 0 Å². The van der Waals surface area contributed by atoms with Crippen molar-refractivity contribution in [2.75, 3.05) is 57.9 Å². The molecule has 2 aliphatic heterocycles. The van der Waals surface area contributed by atoms with Crippen LogP contribution in [0.5, 0.6) is 11.5 Å². The second kappa shape index (κ2) is 10.6. The van der Waals surface area contributed by atoms with Crippen molar-refractivity contribution in [2.24, 2.45) is 4.99 Å². The van der Waals surface area contributed by atoms with Gasteiger partial charge in [-0.15, -0.1) is 23.7 Å². The fourth-order valence-electron chi connectivity index (χ4n) is 4.51. The number of nitrogens with zero attached hydrogens (tertiary/aromatic N) is 3. The van der Waals surface area contributed by atoms with Gasteiger partial charge < -0.3 is 14.4 Å². The third-order valence-corrected chi connectivity index (χ3v) is 7.11. The van der Waals surface area contributed by atoms with Crippen molar-refractivity contribution in [1.82, 2.24) is 4.90 Å². The molecule has 2 aliphatic rings. The molecular weight excluding hydrogens is 442 g/mol. The van der Waals surface area contributed by atoms with Crippen LogP contribution in [0.3, 0.4) is 0 Å². The Kier molecular flexibility index (Phi) is 7.55. The molecule has 0 N–H and O–H groups in total. The van der Waals surface area contributed by atoms with Crippen LogP contribution >= 0.6 is 23.7 Å². The molecular formula is C25H30ClN3O2S. The Bertz CT molecular complexity index is 1080. The molecule has 7 heteroatoms. The van der Waals surface area contributed by atoms with E-state index in [4.69, 9.17) is 9.47 Å². The van der Waals surface area contributed by atoms with Crippen LogP contribution in [0.4, 0.5) is 5.69 Å². The van der Waals surface area contributed by atoms with Crippen LogP contribution in [0.15, 0.2) is 46.8 Å². The van der Waals surface area contributed by atoms with Crippen molar-refractivity contribution in [3.05, 3.63) is 52.9 Å². The zero-order valence-corrected chi connectivity index (χ0v) is 20.1. The van der Waals surface area contributed by atoms with Crippen molar-refractivity contribution < 1.29 is 9.47 Å². The van der Waals surface area contributed by atoms with E-state index in [-0.39, 0.29) is 12.4 Å². The minimum Gasteiger partial charge on any atom is -0.493 e. The Hall–Kier alpha value is -2.28. The molecule has 0 saturated carbocycles. The molecule has 1 saturated heterocycles. The molecule has 0 amide bonds. The fraction of sp³-hybridized carbons (Fsp3) is 0.400. The molecule has 0 unspecified atom stereocenters. The number of anilines is 1. The van der Waals surface area contributed by atoms with E-state index in [2.05, 4.69) is 56.6 Å². The highest BCUT2D eigenvalue weighted by molar-refractivity contribution is 7.17. The van der Waals surface area contributed by atoms with E-state index in [0.717, 1.165) is 69.2 Å². The van der Waals surface area contributed by atoms with Gasteiger partial charge in [-0.2, -0.15) is 0 Å². The maximum Gasteiger partial charge on any atom is 0.161 e. The predicted octanol–water partition coefficient (Wildman–Crippen LogP) is 4.90. The lowest BCUT2D eigenvalue weighted by Gasteiger charge is -2.36. The first kappa shape index (κ1) is 22.9. The van der Waals surface area contributed by atoms with E-state index in [1.54, 1.807) is 7.11 Å². The van der Waals surface area contributed by atoms with Gasteiger partial charge in [0.25, 0.3) is 0 Å². The summed E-state index contributed by atoms with van der Waals surface area (Å²) in [7, 11) is 1.71. The van der Waals surface area contributed by atoms with Gasteiger partial charge in [0.1, 0.15) is 0 Å². The molecule has 2 aromatic carbocycles. The highest BCUT2D eigenvalue weighted by atomic mass is 35.5. The summed E-state index contributed by atoms with van der Waals surface area (Å²) >= 11 is 1.82. The number of rotatable bonds is 7. The van der Waals surface area contributed by atoms with Crippen molar-refractivity contribution >= 4 is 45.7 Å². The number of ether oxygens (including phenoxy) is 2. The Labute approximate surface area is 200 Å². The molecule has 1 fully saturated rings. The number of thiophene rings is 1. The molecule has 0 radical (unpaired) electrons. The minimum absolute atomic E-state index is 0. The van der Waals surface area contributed by atoms with Crippen LogP contribution in [-0.2, 0) is 6.42 Å². The Balaban J connectivity index is 0.00000245. The number of halogens is 1. The quantitative estimate of drug-likeness (QED) is 0.459. The maximum atomic E-state index is 6.09. The van der Waals surface area contributed by atoms with Gasteiger partial charge in [-0.25, -0.2) is 0 Å². The number of aliphatic imine (C=N–C) groups is 1. The molecule has 5 nitrogen and oxygen atoms in total. The van der Waals surface area contributed by atoms with Crippen LogP contribution in [0, 0.1) is 0 Å². The lowest BCUT2D eigenvalue weighted by molar-refractivity contribution is 0.221. The molecule has 32 heavy (non-hydrogen) atoms. The second-order valence-corrected chi connectivity index (χ2v) is 9.08. The number of methoxy groups -OCH3 is 1. The van der Waals surface area contributed by atoms with Crippen LogP contribution in [-0.4, -0.2) is 64.1 Å². The summed E-state index contributed by atoms with van der Waals surface area (Å²) in [5.74, 6) is 1.65. The number of hydrogen-bond acceptors (Lipinski definition) is 6. The van der Waals surface area contributed by atoms with Gasteiger partial charge in [0.2, 0.25) is 0 Å². The third-order valence-electron chi connectivity index (χ3n) is 6.23. The zero-order valence-electron chi connectivity index (χ0n) is 18.5. The second-order valence-electron chi connectivity index (χ2n) is 8.13. The first-order valence-corrected chi connectivity index (χ1v) is 12.0. The summed E-state index contributed by atoms with van der Waals surface area (Å²) < 4.78 is 13.0. The van der Waals surface area contributed by atoms with Crippen molar-refractivity contribution in [3.63, 3.8) is 0 Å². The molecule has 0 atom stereocenters. The molecule has 1 aromatic heterocycles. The van der Waals surface area contributed by atoms with Gasteiger partial charge in [0.15, 0.2) is 11.5 Å². The van der Waals surface area contributed by atoms with Crippen molar-refractivity contribution in [1.29, 1.82) is 0 Å². The summed E-state index contributed by atoms with van der Waals surface area (Å²) in [6, 6.07) is 13.1. The first-order valence-electron chi connectivity index (χ1n) is 11.1. The molecule has 170 valence electrons. The summed E-state index contributed by atoms with van der Waals surface area (Å²) in [4.78, 5) is 9.46. The average Bonchev–Trinajstić information content (AvgIpc) is 3.31. The minimum atomic E-state index is 0. The standard InChI is InChI=1S/C25H29N3O2S.ClH/c1-29-23-16-19-6-8-26-18-20(19)17-24(23)30-14-3-9-27-10-12-28(13-11-27)22-4-2-5-25-21(22)7-15-31-25;/h2,4-5,7,15-18H,3,6,8-14H2,1H3;1H. The molecule has 5 rings (SSSR count). The average molecular weight is 472 g/mol. The topological polar surface area (TPSA) is 37.3 Å². The van der Waals surface area contributed by atoms with Crippen LogP contribution < -0.4 is 14.4 Å². The lowest BCUT2D eigenvalue weighted by Crippen LogP contribution is -2.46. The van der Waals surface area contributed by atoms with Gasteiger partial charge in [0.05, 0.1) is 13.7 Å². The highest BCUT2D eigenvalue weighted by Crippen LogP contribution is 2.32. The zero-order chi connectivity index (χ0) is 21.0. The monoisotopic (exact) mass is 471 g/mol. The Morgan fingerprint density at radius 3 is 2.78 bits per heavy atom. The summed E-state index contributed by atoms with van der Waals surface area (Å²) in [5.41, 5.74) is 3.82. The number of piperazine rings is 1. The van der Waals surface area contributed by atoms with Gasteiger partial charge in [0, 0.05) is 61.3 Å². The fourth-order valence-corrected chi connectivity index (χ4v) is 5.32. The maximum absolute atomic E-state index is 6.09. The summed E-state index contributed by atoms with van der Waals surface area (Å²) in [6.45, 7) is 6.96. The van der Waals surface area contributed by atoms with E-state index in [1.165, 1.54) is 21.3 Å². The van der Waals surface area contributed by atoms with Gasteiger partial charge in [-0.1, -0.05) is 6.07 Å². The predicted molar refractivity (Wildman–Crippen MR) is 137 cm³/mol. The Morgan fingerprint density at radius 1 is 1.06 bits per heavy atom. The highest BCUT2D eigenvalue weighted by Gasteiger charge is 2.19. The van der Waals surface area contributed by atoms with Gasteiger partial charge >= 0.3 is 0 Å². The lowest BCUT2D eigenvalue weighted by atomic mass is 10.0. The smallest absolute Gasteiger partial charge is 0.161 e. The number of benzene rings is 2. The molecule has 0 spiro atoms. The normalized spacial score (nSPS) is 16.0. The SMILES string of the molecule is COc1cc2c(cc1OCCCN1CCN(c3cccc4sccc34)CC1)C=NCC2.Cl. The molecule has 3 heterocycles. The van der Waals surface area contributed by atoms with Gasteiger partial charge in [-0.05, 0) is 59.7 Å². The number of fused-ring (bicyclic) bond motifs is 2. The largest absolute Gasteiger partial charge is 0.493 e. The summed E-state index contributed by atoms with van der Waals surface area (Å²) in [6.07, 6.45) is 3.92. The molecule has 3 aromatic rings. The van der Waals surface area contributed by atoms with Gasteiger partial charge in [-0.3, -0.25) is 9.89 Å². The van der Waals surface area contributed by atoms with Crippen molar-refractivity contribution in [3.8, 4) is 11.5 Å². The van der Waals surface area contributed by atoms with Crippen molar-refractivity contribution in [2.45, 2.75) is 12.8 Å². The molecule has 0 bridgehead atoms. The van der Waals surface area contributed by atoms with E-state index in [9.17, 15) is 0 Å². The number of hydrogen-bond donors (Lipinski definition) is 0.